The largest absolute Gasteiger partial charge is 0.491 e. The summed E-state index contributed by atoms with van der Waals surface area (Å²) in [5.41, 5.74) is 3.86. The molecule has 4 fully saturated rings. The third kappa shape index (κ3) is 7.56. The van der Waals surface area contributed by atoms with E-state index in [2.05, 4.69) is 24.3 Å². The molecule has 1 unspecified atom stereocenters. The van der Waals surface area contributed by atoms with Crippen molar-refractivity contribution in [1.29, 1.82) is 0 Å². The van der Waals surface area contributed by atoms with Gasteiger partial charge in [0, 0.05) is 6.16 Å². The van der Waals surface area contributed by atoms with Crippen molar-refractivity contribution >= 4 is 7.52 Å². The zero-order chi connectivity index (χ0) is 28.0. The molecule has 2 aromatic carbocycles. The highest BCUT2D eigenvalue weighted by Gasteiger charge is 2.51. The summed E-state index contributed by atoms with van der Waals surface area (Å²) in [6.45, 7) is 0.524. The lowest BCUT2D eigenvalue weighted by Gasteiger charge is -2.57. The van der Waals surface area contributed by atoms with Gasteiger partial charge in [0.25, 0.3) is 7.52 Å². The van der Waals surface area contributed by atoms with Crippen LogP contribution in [0, 0.1) is 23.6 Å². The van der Waals surface area contributed by atoms with Crippen molar-refractivity contribution in [2.24, 2.45) is 17.8 Å². The molecule has 1 atom stereocenters. The van der Waals surface area contributed by atoms with Gasteiger partial charge in [-0.05, 0) is 103 Å². The van der Waals surface area contributed by atoms with Gasteiger partial charge >= 0.3 is 0 Å². The van der Waals surface area contributed by atoms with Gasteiger partial charge in [-0.2, -0.15) is 0 Å². The molecule has 0 saturated heterocycles. The summed E-state index contributed by atoms with van der Waals surface area (Å²) in [6.07, 6.45) is 17.7. The van der Waals surface area contributed by atoms with Crippen molar-refractivity contribution in [2.75, 3.05) is 12.8 Å². The first-order chi connectivity index (χ1) is 19.4. The molecule has 4 saturated carbocycles. The topological polar surface area (TPSA) is 78.8 Å². The number of unbranched alkanes of at least 4 members (excludes halogenated alkanes) is 8. The molecule has 4 aliphatic carbocycles. The van der Waals surface area contributed by atoms with Gasteiger partial charge in [-0.1, -0.05) is 75.3 Å². The fourth-order valence-electron chi connectivity index (χ4n) is 8.18. The standard InChI is InChI=1S/C33H47FNO4P/c34-31-21-29(28-10-13-30(14-11-28)33-22-25-18-26(23-33)20-27(19-25)24-33)12-15-32(31)39-16-8-6-4-2-1-3-5-7-9-17-40(37,38)35-36/h10-15,21,25-27,36H,1-9,16-20,22-24H2,(H2,35,37,38). The second kappa shape index (κ2) is 13.5. The lowest BCUT2D eigenvalue weighted by atomic mass is 9.48. The predicted octanol–water partition coefficient (Wildman–Crippen LogP) is 9.01. The zero-order valence-corrected chi connectivity index (χ0v) is 24.7. The first-order valence-electron chi connectivity index (χ1n) is 15.6. The van der Waals surface area contributed by atoms with E-state index < -0.39 is 7.52 Å². The smallest absolute Gasteiger partial charge is 0.289 e. The fourth-order valence-corrected chi connectivity index (χ4v) is 8.93. The number of hydrogen-bond donors (Lipinski definition) is 3. The van der Waals surface area contributed by atoms with E-state index in [4.69, 9.17) is 9.94 Å². The quantitative estimate of drug-likeness (QED) is 0.106. The molecule has 6 rings (SSSR count). The predicted molar refractivity (Wildman–Crippen MR) is 158 cm³/mol. The summed E-state index contributed by atoms with van der Waals surface area (Å²) in [6, 6.07) is 14.3. The van der Waals surface area contributed by atoms with Crippen molar-refractivity contribution < 1.29 is 23.8 Å². The second-order valence-corrected chi connectivity index (χ2v) is 15.0. The zero-order valence-electron chi connectivity index (χ0n) is 23.8. The summed E-state index contributed by atoms with van der Waals surface area (Å²) in [5.74, 6) is 2.83. The number of hydrogen-bond acceptors (Lipinski definition) is 3. The van der Waals surface area contributed by atoms with Crippen LogP contribution in [0.4, 0.5) is 4.39 Å². The van der Waals surface area contributed by atoms with E-state index in [0.29, 0.717) is 24.2 Å². The van der Waals surface area contributed by atoms with E-state index in [0.717, 1.165) is 80.2 Å². The Bertz CT molecular complexity index is 1120. The molecule has 0 heterocycles. The van der Waals surface area contributed by atoms with Crippen LogP contribution in [0.1, 0.15) is 102 Å². The van der Waals surface area contributed by atoms with Gasteiger partial charge in [0.15, 0.2) is 11.6 Å². The van der Waals surface area contributed by atoms with Crippen LogP contribution in [0.5, 0.6) is 5.75 Å². The Kier molecular flexibility index (Phi) is 10.0. The molecule has 0 radical (unpaired) electrons. The molecule has 4 aliphatic rings. The molecule has 5 nitrogen and oxygen atoms in total. The Hall–Kier alpha value is -1.72. The van der Waals surface area contributed by atoms with Crippen molar-refractivity contribution in [3.63, 3.8) is 0 Å². The Labute approximate surface area is 239 Å². The first kappa shape index (κ1) is 29.8. The van der Waals surface area contributed by atoms with Gasteiger partial charge in [-0.25, -0.2) is 4.39 Å². The molecule has 3 N–H and O–H groups in total. The van der Waals surface area contributed by atoms with Crippen LogP contribution in [0.25, 0.3) is 11.1 Å². The Balaban J connectivity index is 0.987. The number of benzene rings is 2. The summed E-state index contributed by atoms with van der Waals surface area (Å²) in [4.78, 5) is 9.25. The molecule has 4 bridgehead atoms. The van der Waals surface area contributed by atoms with Gasteiger partial charge in [-0.15, -0.1) is 5.25 Å². The molecule has 0 spiro atoms. The number of nitrogens with one attached hydrogen (secondary N) is 1. The van der Waals surface area contributed by atoms with Crippen LogP contribution in [0.2, 0.25) is 0 Å². The number of halogens is 1. The molecular formula is C33H47FNO4P. The molecule has 7 heteroatoms. The average Bonchev–Trinajstić information content (AvgIpc) is 2.93. The highest BCUT2D eigenvalue weighted by atomic mass is 31.2. The van der Waals surface area contributed by atoms with Crippen molar-refractivity contribution in [2.45, 2.75) is 102 Å². The SMILES string of the molecule is O=P(O)(CCCCCCCCCCCOc1ccc(-c2ccc(C34CC5CC(CC(C5)C3)C4)cc2)cc1F)NO. The molecule has 220 valence electrons. The third-order valence-electron chi connectivity index (χ3n) is 9.82. The number of ether oxygens (including phenoxy) is 1. The highest BCUT2D eigenvalue weighted by Crippen LogP contribution is 2.60. The Morgan fingerprint density at radius 1 is 0.800 bits per heavy atom. The maximum atomic E-state index is 14.8. The van der Waals surface area contributed by atoms with Crippen molar-refractivity contribution in [3.8, 4) is 16.9 Å². The summed E-state index contributed by atoms with van der Waals surface area (Å²) >= 11 is 0. The molecule has 40 heavy (non-hydrogen) atoms. The minimum Gasteiger partial charge on any atom is -0.491 e. The van der Waals surface area contributed by atoms with Crippen molar-refractivity contribution in [1.82, 2.24) is 5.25 Å². The monoisotopic (exact) mass is 571 g/mol. The average molecular weight is 572 g/mol. The van der Waals surface area contributed by atoms with Gasteiger partial charge in [-0.3, -0.25) is 4.57 Å². The highest BCUT2D eigenvalue weighted by molar-refractivity contribution is 7.55. The van der Waals surface area contributed by atoms with E-state index in [1.807, 2.05) is 6.07 Å². The van der Waals surface area contributed by atoms with Gasteiger partial charge in [0.1, 0.15) is 0 Å². The van der Waals surface area contributed by atoms with Crippen LogP contribution >= 0.6 is 7.52 Å². The van der Waals surface area contributed by atoms with Crippen molar-refractivity contribution in [3.05, 3.63) is 53.8 Å². The normalized spacial score (nSPS) is 26.6. The molecule has 2 aromatic rings. The minimum absolute atomic E-state index is 0.113. The van der Waals surface area contributed by atoms with Crippen LogP contribution < -0.4 is 9.99 Å². The maximum Gasteiger partial charge on any atom is 0.289 e. The summed E-state index contributed by atoms with van der Waals surface area (Å²) in [5, 5.41) is 10.1. The number of rotatable bonds is 16. The molecule has 0 aromatic heterocycles. The van der Waals surface area contributed by atoms with Crippen LogP contribution in [-0.2, 0) is 9.98 Å². The Morgan fingerprint density at radius 2 is 1.32 bits per heavy atom. The van der Waals surface area contributed by atoms with Gasteiger partial charge in [0.05, 0.1) is 6.61 Å². The van der Waals surface area contributed by atoms with E-state index in [1.54, 1.807) is 12.1 Å². The van der Waals surface area contributed by atoms with Crippen LogP contribution in [0.3, 0.4) is 0 Å². The molecule has 0 aliphatic heterocycles. The lowest BCUT2D eigenvalue weighted by molar-refractivity contribution is -0.00518. The second-order valence-electron chi connectivity index (χ2n) is 13.0. The summed E-state index contributed by atoms with van der Waals surface area (Å²) in [7, 11) is -3.53. The van der Waals surface area contributed by atoms with E-state index in [9.17, 15) is 13.8 Å². The third-order valence-corrected chi connectivity index (χ3v) is 11.1. The Morgan fingerprint density at radius 3 is 1.88 bits per heavy atom. The van der Waals surface area contributed by atoms with Gasteiger partial charge in [0.2, 0.25) is 0 Å². The maximum absolute atomic E-state index is 14.8. The van der Waals surface area contributed by atoms with Crippen LogP contribution in [0.15, 0.2) is 42.5 Å². The minimum atomic E-state index is -3.53. The fraction of sp³-hybridized carbons (Fsp3) is 0.636. The first-order valence-corrected chi connectivity index (χ1v) is 17.5. The lowest BCUT2D eigenvalue weighted by Crippen LogP contribution is -2.48. The van der Waals surface area contributed by atoms with Crippen LogP contribution in [-0.4, -0.2) is 22.9 Å². The van der Waals surface area contributed by atoms with E-state index in [1.165, 1.54) is 49.3 Å². The summed E-state index contributed by atoms with van der Waals surface area (Å²) < 4.78 is 31.9. The van der Waals surface area contributed by atoms with E-state index in [-0.39, 0.29) is 12.0 Å². The van der Waals surface area contributed by atoms with E-state index >= 15 is 0 Å². The van der Waals surface area contributed by atoms with Gasteiger partial charge < -0.3 is 14.8 Å². The molecule has 0 amide bonds. The molecular weight excluding hydrogens is 524 g/mol.